The van der Waals surface area contributed by atoms with Gasteiger partial charge in [0, 0.05) is 67.5 Å². The Labute approximate surface area is 451 Å². The number of nitrogens with zero attached hydrogens (tertiary/aromatic N) is 2. The number of para-hydroxylation sites is 6. The van der Waals surface area contributed by atoms with Crippen LogP contribution in [0.2, 0.25) is 0 Å². The fourth-order valence-electron chi connectivity index (χ4n) is 5.90. The zero-order valence-corrected chi connectivity index (χ0v) is 52.7. The number of benzene rings is 6. The maximum absolute atomic E-state index is 5.58. The smallest absolute Gasteiger partial charge is 0.127 e. The summed E-state index contributed by atoms with van der Waals surface area (Å²) in [6.45, 7) is 52.2. The normalized spacial score (nSPS) is 8.00. The molecule has 9 aromatic rings. The number of rotatable bonds is 2. The van der Waals surface area contributed by atoms with Crippen LogP contribution in [0.4, 0.5) is 0 Å². The minimum atomic E-state index is 0.869. The number of hydrogen-bond acceptors (Lipinski definition) is 2. The number of hydrogen-bond donors (Lipinski definition) is 0. The topological polar surface area (TPSA) is 19.1 Å². The molecule has 0 atom stereocenters. The fourth-order valence-corrected chi connectivity index (χ4v) is 6.68. The van der Waals surface area contributed by atoms with E-state index in [9.17, 15) is 0 Å². The molecule has 0 saturated heterocycles. The average molecular weight is 1010 g/mol. The molecule has 0 amide bonds. The Morgan fingerprint density at radius 1 is 0.250 bits per heavy atom. The van der Waals surface area contributed by atoms with E-state index in [1.165, 1.54) is 53.4 Å². The minimum Gasteiger partial charge on any atom is -0.457 e. The van der Waals surface area contributed by atoms with Crippen molar-refractivity contribution in [3.63, 3.8) is 0 Å². The molecule has 3 heterocycles. The lowest BCUT2D eigenvalue weighted by molar-refractivity contribution is 0.482. The van der Waals surface area contributed by atoms with Crippen LogP contribution in [0.3, 0.4) is 0 Å². The number of ether oxygens (including phenoxy) is 1. The molecular formula is C68H112N2OS. The molecule has 0 aliphatic heterocycles. The van der Waals surface area contributed by atoms with Gasteiger partial charge in [0.1, 0.15) is 11.5 Å². The molecule has 0 aliphatic rings. The van der Waals surface area contributed by atoms with Crippen LogP contribution in [0.5, 0.6) is 11.5 Å². The largest absolute Gasteiger partial charge is 0.457 e. The molecule has 0 aliphatic carbocycles. The third kappa shape index (κ3) is 31.0. The van der Waals surface area contributed by atoms with Gasteiger partial charge in [0.05, 0.1) is 0 Å². The highest BCUT2D eigenvalue weighted by atomic mass is 32.1. The van der Waals surface area contributed by atoms with Crippen molar-refractivity contribution >= 4 is 54.9 Å². The van der Waals surface area contributed by atoms with E-state index in [4.69, 9.17) is 4.74 Å². The second-order valence-electron chi connectivity index (χ2n) is 11.6. The highest BCUT2D eigenvalue weighted by Crippen LogP contribution is 2.28. The minimum absolute atomic E-state index is 0.869. The van der Waals surface area contributed by atoms with Gasteiger partial charge in [0.25, 0.3) is 0 Å². The zero-order chi connectivity index (χ0) is 57.3. The summed E-state index contributed by atoms with van der Waals surface area (Å²) in [7, 11) is 4.23. The van der Waals surface area contributed by atoms with Crippen LogP contribution < -0.4 is 4.74 Å². The lowest BCUT2D eigenvalue weighted by atomic mass is 10.2. The number of aryl methyl sites for hydroxylation is 4. The van der Waals surface area contributed by atoms with Gasteiger partial charge in [-0.25, -0.2) is 0 Å². The molecule has 0 unspecified atom stereocenters. The van der Waals surface area contributed by atoms with E-state index in [-0.39, 0.29) is 0 Å². The summed E-state index contributed by atoms with van der Waals surface area (Å²) in [6.07, 6.45) is 0. The molecule has 9 rings (SSSR count). The summed E-state index contributed by atoms with van der Waals surface area (Å²) in [4.78, 5) is 2.80. The van der Waals surface area contributed by atoms with E-state index in [1.807, 2.05) is 238 Å². The van der Waals surface area contributed by atoms with Gasteiger partial charge < -0.3 is 13.9 Å². The van der Waals surface area contributed by atoms with Crippen molar-refractivity contribution in [2.24, 2.45) is 14.1 Å². The van der Waals surface area contributed by atoms with Gasteiger partial charge in [-0.1, -0.05) is 275 Å². The van der Waals surface area contributed by atoms with Gasteiger partial charge in [-0.05, 0) is 74.5 Å². The Balaban J connectivity index is -0.000000139. The Morgan fingerprint density at radius 2 is 0.431 bits per heavy atom. The summed E-state index contributed by atoms with van der Waals surface area (Å²) in [5.74, 6) is 1.74. The monoisotopic (exact) mass is 1000 g/mol. The van der Waals surface area contributed by atoms with E-state index in [0.29, 0.717) is 0 Å². The first-order valence-corrected chi connectivity index (χ1v) is 29.0. The summed E-state index contributed by atoms with van der Waals surface area (Å²) in [6, 6.07) is 57.9. The SMILES string of the molecule is CC.CC.CC.CC.CC.CC.CC.CC.CC.CC.CC.CC.Cc1ccc(C)s1.Cn1c2ccccc2c2ccccc21.Cn1c2ccccc2c2ccccc21.c1ccc(Oc2ccccc2)cc1. The van der Waals surface area contributed by atoms with Crippen LogP contribution in [-0.2, 0) is 14.1 Å². The molecule has 3 aromatic heterocycles. The summed E-state index contributed by atoms with van der Waals surface area (Å²) in [5.41, 5.74) is 5.20. The van der Waals surface area contributed by atoms with Gasteiger partial charge in [-0.2, -0.15) is 0 Å². The molecule has 0 fully saturated rings. The lowest BCUT2D eigenvalue weighted by Crippen LogP contribution is -1.84. The summed E-state index contributed by atoms with van der Waals surface area (Å²) >= 11 is 1.84. The fraction of sp³-hybridized carbons (Fsp3) is 0.412. The molecule has 0 radical (unpaired) electrons. The molecule has 0 spiro atoms. The predicted octanol–water partition coefficient (Wildman–Crippen LogP) is 24.8. The van der Waals surface area contributed by atoms with E-state index in [2.05, 4.69) is 146 Å². The van der Waals surface area contributed by atoms with Gasteiger partial charge in [0.2, 0.25) is 0 Å². The molecular weight excluding hydrogens is 893 g/mol. The highest BCUT2D eigenvalue weighted by Gasteiger charge is 2.06. The highest BCUT2D eigenvalue weighted by molar-refractivity contribution is 7.11. The Kier molecular flexibility index (Phi) is 68.8. The Bertz CT molecular complexity index is 2090. The van der Waals surface area contributed by atoms with Gasteiger partial charge >= 0.3 is 0 Å². The second kappa shape index (κ2) is 61.5. The van der Waals surface area contributed by atoms with E-state index >= 15 is 0 Å². The number of fused-ring (bicyclic) bond motifs is 6. The van der Waals surface area contributed by atoms with E-state index < -0.39 is 0 Å². The third-order valence-corrected chi connectivity index (χ3v) is 9.15. The first-order valence-electron chi connectivity index (χ1n) is 28.1. The molecule has 4 heteroatoms. The van der Waals surface area contributed by atoms with Crippen molar-refractivity contribution < 1.29 is 4.74 Å². The van der Waals surface area contributed by atoms with Crippen LogP contribution >= 0.6 is 11.3 Å². The van der Waals surface area contributed by atoms with E-state index in [0.717, 1.165) is 11.5 Å². The zero-order valence-electron chi connectivity index (χ0n) is 51.9. The van der Waals surface area contributed by atoms with Crippen molar-refractivity contribution in [3.05, 3.63) is 180 Å². The van der Waals surface area contributed by atoms with E-state index in [1.54, 1.807) is 0 Å². The second-order valence-corrected chi connectivity index (χ2v) is 13.1. The molecule has 6 aromatic carbocycles. The quantitative estimate of drug-likeness (QED) is 0.169. The van der Waals surface area contributed by atoms with Crippen molar-refractivity contribution in [2.75, 3.05) is 0 Å². The molecule has 406 valence electrons. The molecule has 3 nitrogen and oxygen atoms in total. The van der Waals surface area contributed by atoms with Crippen LogP contribution in [0, 0.1) is 13.8 Å². The number of aromatic nitrogens is 2. The van der Waals surface area contributed by atoms with Gasteiger partial charge in [0.15, 0.2) is 0 Å². The lowest BCUT2D eigenvalue weighted by Gasteiger charge is -2.03. The maximum Gasteiger partial charge on any atom is 0.127 e. The van der Waals surface area contributed by atoms with Crippen LogP contribution in [0.1, 0.15) is 176 Å². The van der Waals surface area contributed by atoms with Crippen molar-refractivity contribution in [3.8, 4) is 11.5 Å². The van der Waals surface area contributed by atoms with Crippen LogP contribution in [0.25, 0.3) is 43.6 Å². The van der Waals surface area contributed by atoms with Crippen molar-refractivity contribution in [1.82, 2.24) is 9.13 Å². The third-order valence-electron chi connectivity index (χ3n) is 8.24. The van der Waals surface area contributed by atoms with Crippen LogP contribution in [0.15, 0.2) is 170 Å². The van der Waals surface area contributed by atoms with Gasteiger partial charge in [-0.3, -0.25) is 0 Å². The van der Waals surface area contributed by atoms with Crippen molar-refractivity contribution in [1.29, 1.82) is 0 Å². The molecule has 0 N–H and O–H groups in total. The van der Waals surface area contributed by atoms with Gasteiger partial charge in [-0.15, -0.1) is 11.3 Å². The standard InChI is InChI=1S/2C13H11N.C12H10O.C6H8S.12C2H6/c2*1-14-12-8-4-2-6-10(12)11-7-3-5-9-13(11)14;1-3-7-11(8-4-1)13-12-9-5-2-6-10-12;1-5-3-4-6(2)7-5;12*1-2/h2*2-9H,1H3;1-10H;3-4H,1-2H3;12*1-2H3. The first kappa shape index (κ1) is 80.5. The Hall–Kier alpha value is -5.58. The predicted molar refractivity (Wildman–Crippen MR) is 344 cm³/mol. The van der Waals surface area contributed by atoms with Crippen molar-refractivity contribution in [2.45, 2.75) is 180 Å². The first-order chi connectivity index (χ1) is 35.5. The van der Waals surface area contributed by atoms with Crippen LogP contribution in [-0.4, -0.2) is 9.13 Å². The summed E-state index contributed by atoms with van der Waals surface area (Å²) in [5, 5.41) is 5.35. The average Bonchev–Trinajstić information content (AvgIpc) is 4.14. The maximum atomic E-state index is 5.58. The molecule has 0 bridgehead atoms. The molecule has 72 heavy (non-hydrogen) atoms. The Morgan fingerprint density at radius 3 is 0.611 bits per heavy atom. The molecule has 0 saturated carbocycles. The number of thiophene rings is 1. The summed E-state index contributed by atoms with van der Waals surface area (Å²) < 4.78 is 10.1.